The number of sulfonamides is 1. The zero-order chi connectivity index (χ0) is 19.3. The van der Waals surface area contributed by atoms with Crippen molar-refractivity contribution in [3.05, 3.63) is 42.2 Å². The van der Waals surface area contributed by atoms with Gasteiger partial charge in [0, 0.05) is 24.8 Å². The van der Waals surface area contributed by atoms with E-state index in [2.05, 4.69) is 20.8 Å². The van der Waals surface area contributed by atoms with E-state index in [4.69, 9.17) is 0 Å². The van der Waals surface area contributed by atoms with Gasteiger partial charge in [-0.25, -0.2) is 8.42 Å². The van der Waals surface area contributed by atoms with E-state index in [-0.39, 0.29) is 23.0 Å². The number of nitrogens with zero attached hydrogens (tertiary/aromatic N) is 2. The molecule has 0 aliphatic carbocycles. The molecule has 0 aliphatic heterocycles. The number of rotatable bonds is 7. The number of nitrogens with one attached hydrogen (secondary N) is 3. The molecule has 1 heterocycles. The Labute approximate surface area is 151 Å². The van der Waals surface area contributed by atoms with Gasteiger partial charge in [-0.1, -0.05) is 0 Å². The predicted octanol–water partition coefficient (Wildman–Crippen LogP) is 0.807. The fraction of sp³-hybridized carbons (Fsp3) is 0.312. The van der Waals surface area contributed by atoms with Crippen LogP contribution in [-0.4, -0.2) is 54.4 Å². The van der Waals surface area contributed by atoms with E-state index in [1.807, 2.05) is 0 Å². The van der Waals surface area contributed by atoms with Crippen molar-refractivity contribution in [3.8, 4) is 0 Å². The monoisotopic (exact) mass is 379 g/mol. The van der Waals surface area contributed by atoms with Crippen LogP contribution < -0.4 is 10.6 Å². The molecule has 0 atom stereocenters. The van der Waals surface area contributed by atoms with Gasteiger partial charge in [0.1, 0.15) is 0 Å². The normalized spacial score (nSPS) is 11.6. The molecule has 9 nitrogen and oxygen atoms in total. The number of carbonyl (C=O) groups is 2. The molecule has 0 radical (unpaired) electrons. The average Bonchev–Trinajstić information content (AvgIpc) is 3.11. The number of aromatic amines is 1. The van der Waals surface area contributed by atoms with Crippen LogP contribution >= 0.6 is 0 Å². The summed E-state index contributed by atoms with van der Waals surface area (Å²) in [6.45, 7) is 3.32. The van der Waals surface area contributed by atoms with E-state index in [9.17, 15) is 18.0 Å². The van der Waals surface area contributed by atoms with Crippen molar-refractivity contribution in [2.24, 2.45) is 0 Å². The lowest BCUT2D eigenvalue weighted by Gasteiger charge is -2.21. The molecule has 1 aromatic carbocycles. The lowest BCUT2D eigenvalue weighted by atomic mass is 10.2. The zero-order valence-corrected chi connectivity index (χ0v) is 15.5. The van der Waals surface area contributed by atoms with Crippen molar-refractivity contribution in [2.75, 3.05) is 18.9 Å². The maximum Gasteiger partial charge on any atom is 0.251 e. The van der Waals surface area contributed by atoms with E-state index in [1.165, 1.54) is 48.0 Å². The summed E-state index contributed by atoms with van der Waals surface area (Å²) in [5, 5.41) is 11.3. The Morgan fingerprint density at radius 3 is 2.42 bits per heavy atom. The predicted molar refractivity (Wildman–Crippen MR) is 96.1 cm³/mol. The first-order chi connectivity index (χ1) is 12.2. The maximum atomic E-state index is 12.4. The highest BCUT2D eigenvalue weighted by atomic mass is 32.2. The highest BCUT2D eigenvalue weighted by Crippen LogP contribution is 2.17. The summed E-state index contributed by atoms with van der Waals surface area (Å²) in [5.74, 6) is -0.883. The fourth-order valence-corrected chi connectivity index (χ4v) is 3.38. The Morgan fingerprint density at radius 1 is 1.23 bits per heavy atom. The molecule has 3 N–H and O–H groups in total. The fourth-order valence-electron chi connectivity index (χ4n) is 2.01. The highest BCUT2D eigenvalue weighted by molar-refractivity contribution is 7.89. The molecule has 26 heavy (non-hydrogen) atoms. The second kappa shape index (κ2) is 8.11. The minimum Gasteiger partial charge on any atom is -0.343 e. The van der Waals surface area contributed by atoms with Gasteiger partial charge in [-0.2, -0.15) is 9.40 Å². The smallest absolute Gasteiger partial charge is 0.251 e. The first-order valence-corrected chi connectivity index (χ1v) is 9.30. The first-order valence-electron chi connectivity index (χ1n) is 7.86. The molecule has 0 saturated heterocycles. The molecular formula is C16H21N5O4S. The Morgan fingerprint density at radius 2 is 1.88 bits per heavy atom. The third-order valence-electron chi connectivity index (χ3n) is 3.71. The van der Waals surface area contributed by atoms with E-state index in [1.54, 1.807) is 13.8 Å². The van der Waals surface area contributed by atoms with Crippen LogP contribution in [0.4, 0.5) is 5.69 Å². The number of aromatic nitrogens is 2. The Hall–Kier alpha value is -2.72. The van der Waals surface area contributed by atoms with Gasteiger partial charge in [-0.15, -0.1) is 0 Å². The number of hydrogen-bond donors (Lipinski definition) is 3. The van der Waals surface area contributed by atoms with E-state index in [0.29, 0.717) is 5.69 Å². The van der Waals surface area contributed by atoms with Gasteiger partial charge in [0.2, 0.25) is 15.9 Å². The van der Waals surface area contributed by atoms with Crippen molar-refractivity contribution in [1.29, 1.82) is 0 Å². The summed E-state index contributed by atoms with van der Waals surface area (Å²) in [7, 11) is -2.11. The van der Waals surface area contributed by atoms with Crippen molar-refractivity contribution in [2.45, 2.75) is 24.8 Å². The van der Waals surface area contributed by atoms with Gasteiger partial charge in [0.15, 0.2) is 0 Å². The van der Waals surface area contributed by atoms with Gasteiger partial charge >= 0.3 is 0 Å². The number of H-pyrrole nitrogens is 1. The van der Waals surface area contributed by atoms with E-state index in [0.717, 1.165) is 0 Å². The highest BCUT2D eigenvalue weighted by Gasteiger charge is 2.23. The van der Waals surface area contributed by atoms with Crippen LogP contribution in [-0.2, 0) is 14.8 Å². The van der Waals surface area contributed by atoms with Gasteiger partial charge in [-0.05, 0) is 38.1 Å². The Kier molecular flexibility index (Phi) is 6.11. The molecule has 0 bridgehead atoms. The quantitative estimate of drug-likeness (QED) is 0.657. The second-order valence-corrected chi connectivity index (χ2v) is 7.85. The molecule has 2 amide bonds. The van der Waals surface area contributed by atoms with Crippen LogP contribution in [0.25, 0.3) is 0 Å². The van der Waals surface area contributed by atoms with E-state index >= 15 is 0 Å². The molecule has 140 valence electrons. The minimum absolute atomic E-state index is 0.1000. The SMILES string of the molecule is CC(C)N(C)S(=O)(=O)c1ccc(C(=O)NCC(=O)Nc2cn[nH]c2)cc1. The summed E-state index contributed by atoms with van der Waals surface area (Å²) in [6, 6.07) is 5.37. The van der Waals surface area contributed by atoms with Crippen molar-refractivity contribution in [1.82, 2.24) is 19.8 Å². The van der Waals surface area contributed by atoms with Crippen LogP contribution in [0.2, 0.25) is 0 Å². The van der Waals surface area contributed by atoms with Gasteiger partial charge in [0.25, 0.3) is 5.91 Å². The van der Waals surface area contributed by atoms with Crippen LogP contribution in [0.5, 0.6) is 0 Å². The molecule has 2 rings (SSSR count). The first kappa shape index (κ1) is 19.6. The van der Waals surface area contributed by atoms with Crippen LogP contribution in [0.15, 0.2) is 41.6 Å². The summed E-state index contributed by atoms with van der Waals surface area (Å²) < 4.78 is 26.0. The number of benzene rings is 1. The second-order valence-electron chi connectivity index (χ2n) is 5.86. The minimum atomic E-state index is -3.61. The van der Waals surface area contributed by atoms with Crippen molar-refractivity contribution < 1.29 is 18.0 Å². The Bertz CT molecular complexity index is 861. The molecule has 0 aliphatic rings. The van der Waals surface area contributed by atoms with Gasteiger partial charge in [0.05, 0.1) is 23.3 Å². The molecular weight excluding hydrogens is 358 g/mol. The molecule has 0 unspecified atom stereocenters. The summed E-state index contributed by atoms with van der Waals surface area (Å²) in [6.07, 6.45) is 2.94. The standard InChI is InChI=1S/C16H21N5O4S/c1-11(2)21(3)26(24,25)14-6-4-12(5-7-14)16(23)17-10-15(22)20-13-8-18-19-9-13/h4-9,11H,10H2,1-3H3,(H,17,23)(H,18,19)(H,20,22). The Balaban J connectivity index is 1.97. The van der Waals surface area contributed by atoms with Crippen LogP contribution in [0.1, 0.15) is 24.2 Å². The topological polar surface area (TPSA) is 124 Å². The summed E-state index contributed by atoms with van der Waals surface area (Å²) in [5.41, 5.74) is 0.750. The largest absolute Gasteiger partial charge is 0.343 e. The summed E-state index contributed by atoms with van der Waals surface area (Å²) >= 11 is 0. The molecule has 0 saturated carbocycles. The number of carbonyl (C=O) groups excluding carboxylic acids is 2. The average molecular weight is 379 g/mol. The summed E-state index contributed by atoms with van der Waals surface area (Å²) in [4.78, 5) is 23.9. The molecule has 10 heteroatoms. The van der Waals surface area contributed by atoms with Gasteiger partial charge < -0.3 is 10.6 Å². The molecule has 2 aromatic rings. The van der Waals surface area contributed by atoms with Crippen LogP contribution in [0.3, 0.4) is 0 Å². The lowest BCUT2D eigenvalue weighted by Crippen LogP contribution is -2.33. The number of anilines is 1. The van der Waals surface area contributed by atoms with E-state index < -0.39 is 21.8 Å². The third-order valence-corrected chi connectivity index (χ3v) is 5.76. The third kappa shape index (κ3) is 4.67. The van der Waals surface area contributed by atoms with Crippen LogP contribution in [0, 0.1) is 0 Å². The van der Waals surface area contributed by atoms with Crippen molar-refractivity contribution >= 4 is 27.5 Å². The van der Waals surface area contributed by atoms with Gasteiger partial charge in [-0.3, -0.25) is 14.7 Å². The molecule has 0 fully saturated rings. The number of hydrogen-bond acceptors (Lipinski definition) is 5. The molecule has 1 aromatic heterocycles. The van der Waals surface area contributed by atoms with Crippen molar-refractivity contribution in [3.63, 3.8) is 0 Å². The maximum absolute atomic E-state index is 12.4. The molecule has 0 spiro atoms. The zero-order valence-electron chi connectivity index (χ0n) is 14.7. The lowest BCUT2D eigenvalue weighted by molar-refractivity contribution is -0.115. The number of amides is 2.